The number of hydrogen-bond donors (Lipinski definition) is 0. The zero-order chi connectivity index (χ0) is 22.7. The van der Waals surface area contributed by atoms with Crippen LogP contribution in [-0.2, 0) is 0 Å². The van der Waals surface area contributed by atoms with Crippen molar-refractivity contribution in [3.63, 3.8) is 0 Å². The van der Waals surface area contributed by atoms with Gasteiger partial charge in [-0.3, -0.25) is 0 Å². The van der Waals surface area contributed by atoms with Gasteiger partial charge in [-0.05, 0) is 24.6 Å². The number of rotatable bonds is 4. The van der Waals surface area contributed by atoms with Crippen LogP contribution in [-0.4, -0.2) is 4.98 Å². The average molecular weight is 443 g/mol. The molecule has 0 aliphatic rings. The van der Waals surface area contributed by atoms with E-state index in [2.05, 4.69) is 42.5 Å². The Morgan fingerprint density at radius 2 is 1.21 bits per heavy atom. The summed E-state index contributed by atoms with van der Waals surface area (Å²) in [6.07, 6.45) is 0. The maximum Gasteiger partial charge on any atom is 0.170 e. The number of benzene rings is 4. The molecule has 4 heteroatoms. The maximum atomic E-state index is 10.0. The fraction of sp³-hybridized carbons (Fsp3) is 0.0345. The zero-order valence-corrected chi connectivity index (χ0v) is 19.2. The second-order valence-electron chi connectivity index (χ2n) is 7.91. The summed E-state index contributed by atoms with van der Waals surface area (Å²) in [7, 11) is -2.49. The van der Waals surface area contributed by atoms with E-state index >= 15 is 0 Å². The molecule has 3 nitrogen and oxygen atoms in total. The second-order valence-corrected chi connectivity index (χ2v) is 10.9. The molecule has 1 aromatic heterocycles. The van der Waals surface area contributed by atoms with Crippen molar-refractivity contribution >= 4 is 39.7 Å². The molecule has 33 heavy (non-hydrogen) atoms. The van der Waals surface area contributed by atoms with Crippen LogP contribution in [0.5, 0.6) is 0 Å². The second kappa shape index (κ2) is 8.87. The maximum absolute atomic E-state index is 10.0. The molecular weight excluding hydrogens is 421 g/mol. The van der Waals surface area contributed by atoms with Gasteiger partial charge >= 0.3 is 0 Å². The average Bonchev–Trinajstić information content (AvgIpc) is 2.88. The fourth-order valence-corrected chi connectivity index (χ4v) is 7.61. The first-order valence-corrected chi connectivity index (χ1v) is 12.6. The van der Waals surface area contributed by atoms with Gasteiger partial charge in [-0.2, -0.15) is 5.26 Å². The van der Waals surface area contributed by atoms with E-state index < -0.39 is 7.05 Å². The van der Waals surface area contributed by atoms with Crippen LogP contribution in [0, 0.1) is 18.3 Å². The van der Waals surface area contributed by atoms with Crippen molar-refractivity contribution in [1.29, 1.82) is 5.26 Å². The number of fused-ring (bicyclic) bond motifs is 1. The Bertz CT molecular complexity index is 1420. The third-order valence-electron chi connectivity index (χ3n) is 5.71. The van der Waals surface area contributed by atoms with Gasteiger partial charge in [-0.1, -0.05) is 103 Å². The summed E-state index contributed by atoms with van der Waals surface area (Å²) in [6, 6.07) is 41.5. The molecule has 0 N–H and O–H groups in total. The number of hydrogen-bond acceptors (Lipinski definition) is 3. The van der Waals surface area contributed by atoms with Gasteiger partial charge in [0.25, 0.3) is 0 Å². The van der Waals surface area contributed by atoms with Crippen LogP contribution >= 0.6 is 7.05 Å². The highest BCUT2D eigenvalue weighted by molar-refractivity contribution is 7.87. The van der Waals surface area contributed by atoms with Gasteiger partial charge in [0.1, 0.15) is 6.07 Å². The molecule has 0 amide bonds. The first kappa shape index (κ1) is 20.9. The minimum absolute atomic E-state index is 0.485. The molecule has 0 saturated carbocycles. The Balaban J connectivity index is 1.94. The Kier molecular flexibility index (Phi) is 5.61. The van der Waals surface area contributed by atoms with Gasteiger partial charge in [-0.25, -0.2) is 9.73 Å². The van der Waals surface area contributed by atoms with Crippen LogP contribution < -0.4 is 15.9 Å². The smallest absolute Gasteiger partial charge is 0.170 e. The molecule has 0 radical (unpaired) electrons. The van der Waals surface area contributed by atoms with Gasteiger partial charge in [0, 0.05) is 21.3 Å². The molecule has 0 saturated heterocycles. The summed E-state index contributed by atoms with van der Waals surface area (Å²) in [5.74, 6) is 0.487. The van der Waals surface area contributed by atoms with E-state index in [0.717, 1.165) is 32.4 Å². The van der Waals surface area contributed by atoms with Crippen LogP contribution in [0.2, 0.25) is 0 Å². The van der Waals surface area contributed by atoms with Crippen molar-refractivity contribution in [2.75, 3.05) is 0 Å². The molecule has 4 aromatic carbocycles. The lowest BCUT2D eigenvalue weighted by molar-refractivity contribution is 1.31. The molecule has 0 aliphatic heterocycles. The van der Waals surface area contributed by atoms with Gasteiger partial charge in [-0.15, -0.1) is 0 Å². The molecule has 0 spiro atoms. The number of nitrogens with zero attached hydrogens (tertiary/aromatic N) is 3. The van der Waals surface area contributed by atoms with Crippen LogP contribution in [0.4, 0.5) is 5.82 Å². The molecule has 158 valence electrons. The Morgan fingerprint density at radius 3 is 1.70 bits per heavy atom. The molecule has 5 rings (SSSR count). The molecule has 0 aliphatic carbocycles. The fourth-order valence-electron chi connectivity index (χ4n) is 4.12. The summed E-state index contributed by atoms with van der Waals surface area (Å²) in [5.41, 5.74) is 2.46. The Morgan fingerprint density at radius 1 is 0.697 bits per heavy atom. The molecule has 0 bridgehead atoms. The van der Waals surface area contributed by atoms with Crippen molar-refractivity contribution in [2.24, 2.45) is 4.74 Å². The number of nitriles is 1. The standard InChI is InChI=1S/C29H22N3P/c1-22-17-18-23-20-24(21-30)29(31-28(23)19-22)32-33(25-11-5-2-6-12-25,26-13-7-3-8-14-26)27-15-9-4-10-16-27/h2-20H,1H3. The molecule has 0 fully saturated rings. The normalized spacial score (nSPS) is 11.2. The summed E-state index contributed by atoms with van der Waals surface area (Å²) in [4.78, 5) is 4.91. The van der Waals surface area contributed by atoms with Crippen LogP contribution in [0.25, 0.3) is 10.9 Å². The topological polar surface area (TPSA) is 49.0 Å². The van der Waals surface area contributed by atoms with Gasteiger partial charge in [0.15, 0.2) is 5.82 Å². The number of pyridine rings is 1. The summed E-state index contributed by atoms with van der Waals surface area (Å²) in [5, 5.41) is 14.3. The van der Waals surface area contributed by atoms with E-state index in [0.29, 0.717) is 11.4 Å². The van der Waals surface area contributed by atoms with Crippen LogP contribution in [0.3, 0.4) is 0 Å². The zero-order valence-electron chi connectivity index (χ0n) is 18.3. The predicted octanol–water partition coefficient (Wildman–Crippen LogP) is 6.22. The van der Waals surface area contributed by atoms with Gasteiger partial charge in [0.2, 0.25) is 0 Å². The van der Waals surface area contributed by atoms with Crippen molar-refractivity contribution in [2.45, 2.75) is 6.92 Å². The van der Waals surface area contributed by atoms with E-state index in [1.54, 1.807) is 0 Å². The van der Waals surface area contributed by atoms with E-state index in [1.807, 2.05) is 85.8 Å². The van der Waals surface area contributed by atoms with Gasteiger partial charge < -0.3 is 0 Å². The lowest BCUT2D eigenvalue weighted by Gasteiger charge is -2.26. The molecule has 1 heterocycles. The highest BCUT2D eigenvalue weighted by Crippen LogP contribution is 2.49. The van der Waals surface area contributed by atoms with E-state index in [-0.39, 0.29) is 0 Å². The van der Waals surface area contributed by atoms with Crippen molar-refractivity contribution in [3.8, 4) is 6.07 Å². The SMILES string of the molecule is Cc1ccc2cc(C#N)c(N=P(c3ccccc3)(c3ccccc3)c3ccccc3)nc2c1. The van der Waals surface area contributed by atoms with E-state index in [9.17, 15) is 5.26 Å². The third kappa shape index (κ3) is 3.87. The Hall–Kier alpha value is -3.99. The predicted molar refractivity (Wildman–Crippen MR) is 138 cm³/mol. The summed E-state index contributed by atoms with van der Waals surface area (Å²) >= 11 is 0. The molecule has 5 aromatic rings. The first-order chi connectivity index (χ1) is 16.2. The third-order valence-corrected chi connectivity index (χ3v) is 9.33. The largest absolute Gasteiger partial charge is 0.233 e. The van der Waals surface area contributed by atoms with Gasteiger partial charge in [0.05, 0.1) is 18.1 Å². The Labute approximate surface area is 194 Å². The van der Waals surface area contributed by atoms with Crippen LogP contribution in [0.1, 0.15) is 11.1 Å². The summed E-state index contributed by atoms with van der Waals surface area (Å²) in [6.45, 7) is 2.05. The van der Waals surface area contributed by atoms with Crippen molar-refractivity contribution in [1.82, 2.24) is 4.98 Å². The number of aromatic nitrogens is 1. The first-order valence-electron chi connectivity index (χ1n) is 10.8. The quantitative estimate of drug-likeness (QED) is 0.310. The minimum Gasteiger partial charge on any atom is -0.233 e. The number of aryl methyl sites for hydroxylation is 1. The lowest BCUT2D eigenvalue weighted by Crippen LogP contribution is -2.25. The van der Waals surface area contributed by atoms with Crippen molar-refractivity contribution < 1.29 is 0 Å². The highest BCUT2D eigenvalue weighted by Gasteiger charge is 2.28. The highest BCUT2D eigenvalue weighted by atomic mass is 31.2. The van der Waals surface area contributed by atoms with E-state index in [1.165, 1.54) is 0 Å². The lowest BCUT2D eigenvalue weighted by atomic mass is 10.1. The minimum atomic E-state index is -2.49. The van der Waals surface area contributed by atoms with Crippen molar-refractivity contribution in [3.05, 3.63) is 126 Å². The van der Waals surface area contributed by atoms with E-state index in [4.69, 9.17) is 9.73 Å². The van der Waals surface area contributed by atoms with Crippen LogP contribution in [0.15, 0.2) is 120 Å². The molecule has 0 atom stereocenters. The molecular formula is C29H22N3P. The molecule has 0 unspecified atom stereocenters. The monoisotopic (exact) mass is 443 g/mol. The summed E-state index contributed by atoms with van der Waals surface area (Å²) < 4.78 is 5.43.